The van der Waals surface area contributed by atoms with Gasteiger partial charge in [-0.1, -0.05) is 133 Å². The Morgan fingerprint density at radius 3 is 1.82 bits per heavy atom. The molecular formula is C44H26N4O. The first-order valence-corrected chi connectivity index (χ1v) is 16.3. The summed E-state index contributed by atoms with van der Waals surface area (Å²) < 4.78 is 6.52. The van der Waals surface area contributed by atoms with Crippen LogP contribution >= 0.6 is 0 Å². The minimum Gasteiger partial charge on any atom is -0.435 e. The van der Waals surface area contributed by atoms with Gasteiger partial charge in [-0.25, -0.2) is 19.9 Å². The molecule has 0 aliphatic carbocycles. The molecule has 8 aromatic carbocycles. The fourth-order valence-corrected chi connectivity index (χ4v) is 6.95. The van der Waals surface area contributed by atoms with Crippen molar-refractivity contribution in [3.05, 3.63) is 158 Å². The van der Waals surface area contributed by atoms with Crippen molar-refractivity contribution in [1.82, 2.24) is 19.9 Å². The third-order valence-electron chi connectivity index (χ3n) is 9.31. The van der Waals surface area contributed by atoms with Crippen LogP contribution in [-0.2, 0) is 0 Å². The van der Waals surface area contributed by atoms with Crippen LogP contribution in [0.25, 0.3) is 99.8 Å². The number of aromatic nitrogens is 4. The molecule has 0 atom stereocenters. The van der Waals surface area contributed by atoms with Crippen molar-refractivity contribution >= 4 is 54.2 Å². The molecule has 2 aromatic heterocycles. The van der Waals surface area contributed by atoms with E-state index in [0.29, 0.717) is 23.4 Å². The summed E-state index contributed by atoms with van der Waals surface area (Å²) in [7, 11) is 0. The lowest BCUT2D eigenvalue weighted by Crippen LogP contribution is -2.00. The predicted molar refractivity (Wildman–Crippen MR) is 199 cm³/mol. The maximum absolute atomic E-state index is 6.52. The van der Waals surface area contributed by atoms with Crippen LogP contribution in [0.3, 0.4) is 0 Å². The molecule has 0 spiro atoms. The molecule has 0 bridgehead atoms. The largest absolute Gasteiger partial charge is 0.435 e. The van der Waals surface area contributed by atoms with Gasteiger partial charge in [0.2, 0.25) is 5.89 Å². The smallest absolute Gasteiger partial charge is 0.227 e. The summed E-state index contributed by atoms with van der Waals surface area (Å²) in [6, 6.07) is 54.1. The Morgan fingerprint density at radius 1 is 0.367 bits per heavy atom. The van der Waals surface area contributed by atoms with Gasteiger partial charge in [-0.2, -0.15) is 0 Å². The zero-order valence-corrected chi connectivity index (χ0v) is 26.2. The highest BCUT2D eigenvalue weighted by Crippen LogP contribution is 2.39. The molecule has 10 aromatic rings. The van der Waals surface area contributed by atoms with Crippen LogP contribution in [0.2, 0.25) is 0 Å². The second kappa shape index (κ2) is 10.9. The molecule has 0 radical (unpaired) electrons. The minimum absolute atomic E-state index is 0.619. The van der Waals surface area contributed by atoms with Gasteiger partial charge in [0, 0.05) is 33.0 Å². The molecule has 0 fully saturated rings. The molecule has 0 aliphatic heterocycles. The summed E-state index contributed by atoms with van der Waals surface area (Å²) >= 11 is 0. The van der Waals surface area contributed by atoms with Crippen LogP contribution < -0.4 is 0 Å². The number of benzene rings is 8. The van der Waals surface area contributed by atoms with Gasteiger partial charge in [0.05, 0.1) is 0 Å². The van der Waals surface area contributed by atoms with E-state index >= 15 is 0 Å². The lowest BCUT2D eigenvalue weighted by Gasteiger charge is -2.12. The van der Waals surface area contributed by atoms with Gasteiger partial charge in [0.15, 0.2) is 23.1 Å². The minimum atomic E-state index is 0.619. The molecule has 228 valence electrons. The molecule has 0 saturated heterocycles. The number of hydrogen-bond donors (Lipinski definition) is 0. The summed E-state index contributed by atoms with van der Waals surface area (Å²) in [5.74, 6) is 2.53. The van der Waals surface area contributed by atoms with Crippen LogP contribution in [0.5, 0.6) is 0 Å². The van der Waals surface area contributed by atoms with Gasteiger partial charge >= 0.3 is 0 Å². The average Bonchev–Trinajstić information content (AvgIpc) is 3.63. The zero-order chi connectivity index (χ0) is 32.3. The van der Waals surface area contributed by atoms with Gasteiger partial charge in [-0.05, 0) is 56.6 Å². The van der Waals surface area contributed by atoms with Crippen LogP contribution in [0.15, 0.2) is 162 Å². The molecule has 0 amide bonds. The fraction of sp³-hybridized carbons (Fsp3) is 0. The third-order valence-corrected chi connectivity index (χ3v) is 9.31. The van der Waals surface area contributed by atoms with Crippen molar-refractivity contribution in [2.75, 3.05) is 0 Å². The maximum Gasteiger partial charge on any atom is 0.227 e. The van der Waals surface area contributed by atoms with Crippen LogP contribution in [0.1, 0.15) is 0 Å². The highest BCUT2D eigenvalue weighted by atomic mass is 16.3. The Bertz CT molecular complexity index is 2870. The topological polar surface area (TPSA) is 64.7 Å². The van der Waals surface area contributed by atoms with Gasteiger partial charge in [0.25, 0.3) is 0 Å². The van der Waals surface area contributed by atoms with Crippen molar-refractivity contribution in [3.8, 4) is 45.6 Å². The van der Waals surface area contributed by atoms with E-state index in [0.717, 1.165) is 76.4 Å². The summed E-state index contributed by atoms with van der Waals surface area (Å²) in [5.41, 5.74) is 5.43. The van der Waals surface area contributed by atoms with E-state index in [2.05, 4.69) is 91.0 Å². The monoisotopic (exact) mass is 626 g/mol. The Kier molecular flexibility index (Phi) is 6.11. The third kappa shape index (κ3) is 4.55. The Hall–Kier alpha value is -6.72. The molecular weight excluding hydrogens is 601 g/mol. The summed E-state index contributed by atoms with van der Waals surface area (Å²) in [4.78, 5) is 20.0. The molecule has 0 aliphatic rings. The van der Waals surface area contributed by atoms with E-state index in [9.17, 15) is 0 Å². The van der Waals surface area contributed by atoms with Crippen molar-refractivity contribution in [1.29, 1.82) is 0 Å². The van der Waals surface area contributed by atoms with E-state index in [4.69, 9.17) is 24.4 Å². The van der Waals surface area contributed by atoms with Gasteiger partial charge in [-0.3, -0.25) is 0 Å². The van der Waals surface area contributed by atoms with E-state index in [-0.39, 0.29) is 0 Å². The summed E-state index contributed by atoms with van der Waals surface area (Å²) in [5, 5.41) is 8.92. The lowest BCUT2D eigenvalue weighted by atomic mass is 9.95. The first-order valence-electron chi connectivity index (χ1n) is 16.3. The predicted octanol–water partition coefficient (Wildman–Crippen LogP) is 11.3. The summed E-state index contributed by atoms with van der Waals surface area (Å²) in [6.45, 7) is 0. The van der Waals surface area contributed by atoms with Gasteiger partial charge in [0.1, 0.15) is 5.52 Å². The molecule has 49 heavy (non-hydrogen) atoms. The van der Waals surface area contributed by atoms with Crippen molar-refractivity contribution in [2.45, 2.75) is 0 Å². The zero-order valence-electron chi connectivity index (χ0n) is 26.2. The number of oxazole rings is 1. The highest BCUT2D eigenvalue weighted by molar-refractivity contribution is 6.26. The number of rotatable bonds is 4. The number of nitrogens with zero attached hydrogens (tertiary/aromatic N) is 4. The van der Waals surface area contributed by atoms with Gasteiger partial charge in [-0.15, -0.1) is 0 Å². The van der Waals surface area contributed by atoms with Gasteiger partial charge < -0.3 is 4.42 Å². The number of fused-ring (bicyclic) bond motifs is 8. The normalized spacial score (nSPS) is 11.7. The average molecular weight is 627 g/mol. The Morgan fingerprint density at radius 2 is 1.00 bits per heavy atom. The first-order chi connectivity index (χ1) is 24.3. The fourth-order valence-electron chi connectivity index (χ4n) is 6.95. The summed E-state index contributed by atoms with van der Waals surface area (Å²) in [6.07, 6.45) is 0. The first kappa shape index (κ1) is 27.4. The lowest BCUT2D eigenvalue weighted by molar-refractivity contribution is 0.623. The van der Waals surface area contributed by atoms with Crippen LogP contribution in [0, 0.1) is 0 Å². The molecule has 0 saturated carbocycles. The second-order valence-electron chi connectivity index (χ2n) is 12.3. The maximum atomic E-state index is 6.52. The van der Waals surface area contributed by atoms with Crippen LogP contribution in [-0.4, -0.2) is 19.9 Å². The van der Waals surface area contributed by atoms with E-state index in [1.807, 2.05) is 66.7 Å². The second-order valence-corrected chi connectivity index (χ2v) is 12.3. The van der Waals surface area contributed by atoms with E-state index in [1.54, 1.807) is 0 Å². The Balaban J connectivity index is 1.19. The van der Waals surface area contributed by atoms with Crippen molar-refractivity contribution in [2.24, 2.45) is 0 Å². The van der Waals surface area contributed by atoms with Crippen molar-refractivity contribution < 1.29 is 4.42 Å². The Labute approximate surface area is 281 Å². The molecule has 5 nitrogen and oxygen atoms in total. The molecule has 0 unspecified atom stereocenters. The highest BCUT2D eigenvalue weighted by Gasteiger charge is 2.17. The van der Waals surface area contributed by atoms with Crippen molar-refractivity contribution in [3.63, 3.8) is 0 Å². The molecule has 0 N–H and O–H groups in total. The standard InChI is InChI=1S/C44H26N4O/c1-3-11-30(12-4-1)41-46-42(48-43(47-41)36-17-9-15-27-10-7-8-16-34(27)36)33-22-24-35-32(26-33)21-20-28-18-19-29-23-25-37-40(39(29)38(28)35)49-44(45-37)31-13-5-2-6-14-31/h1-26H. The SMILES string of the molecule is c1ccc(-c2nc(-c3ccc4c(ccc5ccc6ccc7nc(-c8ccccc8)oc7c6c54)c3)nc(-c3cccc4ccccc34)n2)cc1. The molecule has 10 rings (SSSR count). The van der Waals surface area contributed by atoms with Crippen LogP contribution in [0.4, 0.5) is 0 Å². The van der Waals surface area contributed by atoms with E-state index in [1.165, 1.54) is 0 Å². The molecule has 5 heteroatoms. The molecule has 2 heterocycles. The van der Waals surface area contributed by atoms with E-state index < -0.39 is 0 Å². The number of hydrogen-bond acceptors (Lipinski definition) is 5. The quantitative estimate of drug-likeness (QED) is 0.182.